The van der Waals surface area contributed by atoms with Crippen molar-refractivity contribution in [1.82, 2.24) is 24.6 Å². The van der Waals surface area contributed by atoms with Gasteiger partial charge < -0.3 is 4.98 Å². The minimum Gasteiger partial charge on any atom is -0.308 e. The van der Waals surface area contributed by atoms with Gasteiger partial charge in [0.05, 0.1) is 23.3 Å². The molecule has 154 valence electrons. The molecule has 3 aliphatic rings. The molecule has 0 spiro atoms. The van der Waals surface area contributed by atoms with E-state index in [1.807, 2.05) is 6.92 Å². The lowest BCUT2D eigenvalue weighted by molar-refractivity contribution is 0.0445. The molecular weight excluding hydrogens is 382 g/mol. The number of H-pyrrole nitrogens is 1. The Balaban J connectivity index is 1.53. The normalized spacial score (nSPS) is 24.1. The molecule has 3 aliphatic heterocycles. The van der Waals surface area contributed by atoms with Crippen molar-refractivity contribution in [2.75, 3.05) is 13.1 Å². The van der Waals surface area contributed by atoms with Gasteiger partial charge in [0, 0.05) is 16.6 Å². The molecule has 3 aromatic rings. The number of nitrogens with zero attached hydrogens (tertiary/aromatic N) is 4. The van der Waals surface area contributed by atoms with E-state index >= 15 is 0 Å². The molecule has 6 nitrogen and oxygen atoms in total. The number of aromatic amines is 1. The Hall–Kier alpha value is -1.99. The fourth-order valence-electron chi connectivity index (χ4n) is 5.07. The van der Waals surface area contributed by atoms with Crippen molar-refractivity contribution in [1.29, 1.82) is 0 Å². The molecule has 3 fully saturated rings. The van der Waals surface area contributed by atoms with Gasteiger partial charge in [0.25, 0.3) is 5.56 Å². The van der Waals surface area contributed by atoms with Gasteiger partial charge in [-0.15, -0.1) is 11.3 Å². The Bertz CT molecular complexity index is 1080. The lowest BCUT2D eigenvalue weighted by atomic mass is 9.83. The number of nitrogens with one attached hydrogen (secondary N) is 1. The standard InChI is InChI=1S/C22H29N5OS/c1-4-15(5-2)27-12-16(13(3)25-27)19-11-17-20(29-19)22(28)24-21(23-17)18-10-14-6-8-26(18)9-7-14/h11-12,14-15,18H,4-10H2,1-3H3,(H,23,24,28). The minimum absolute atomic E-state index is 0.00562. The van der Waals surface area contributed by atoms with E-state index in [0.29, 0.717) is 6.04 Å². The third kappa shape index (κ3) is 3.24. The average Bonchev–Trinajstić information content (AvgIpc) is 3.33. The molecule has 0 amide bonds. The van der Waals surface area contributed by atoms with Gasteiger partial charge in [0.2, 0.25) is 0 Å². The van der Waals surface area contributed by atoms with E-state index in [9.17, 15) is 4.79 Å². The van der Waals surface area contributed by atoms with E-state index in [1.54, 1.807) is 0 Å². The van der Waals surface area contributed by atoms with Gasteiger partial charge in [0.1, 0.15) is 10.5 Å². The van der Waals surface area contributed by atoms with Gasteiger partial charge in [-0.1, -0.05) is 13.8 Å². The van der Waals surface area contributed by atoms with Crippen LogP contribution in [0.2, 0.25) is 0 Å². The molecule has 3 saturated heterocycles. The third-order valence-electron chi connectivity index (χ3n) is 6.86. The van der Waals surface area contributed by atoms with E-state index < -0.39 is 0 Å². The lowest BCUT2D eigenvalue weighted by Gasteiger charge is -2.44. The van der Waals surface area contributed by atoms with Gasteiger partial charge in [-0.3, -0.25) is 14.4 Å². The first-order valence-electron chi connectivity index (χ1n) is 10.9. The minimum atomic E-state index is -0.00562. The SMILES string of the molecule is CCC(CC)n1cc(-c2cc3nc(C4CC5CCN4CC5)[nH]c(=O)c3s2)c(C)n1. The summed E-state index contributed by atoms with van der Waals surface area (Å²) < 4.78 is 2.80. The molecule has 0 aromatic carbocycles. The highest BCUT2D eigenvalue weighted by atomic mass is 32.1. The highest BCUT2D eigenvalue weighted by molar-refractivity contribution is 7.22. The maximum Gasteiger partial charge on any atom is 0.268 e. The van der Waals surface area contributed by atoms with Crippen LogP contribution in [0.25, 0.3) is 20.7 Å². The van der Waals surface area contributed by atoms with Crippen LogP contribution in [-0.4, -0.2) is 37.7 Å². The summed E-state index contributed by atoms with van der Waals surface area (Å²) in [6, 6.07) is 2.76. The summed E-state index contributed by atoms with van der Waals surface area (Å²) in [5, 5.41) is 4.75. The summed E-state index contributed by atoms with van der Waals surface area (Å²) in [5.41, 5.74) is 2.94. The van der Waals surface area contributed by atoms with Crippen molar-refractivity contribution >= 4 is 21.6 Å². The number of rotatable bonds is 5. The third-order valence-corrected chi connectivity index (χ3v) is 8.02. The molecule has 0 saturated carbocycles. The summed E-state index contributed by atoms with van der Waals surface area (Å²) >= 11 is 1.53. The second-order valence-corrected chi connectivity index (χ2v) is 9.64. The van der Waals surface area contributed by atoms with Crippen LogP contribution in [0.5, 0.6) is 0 Å². The van der Waals surface area contributed by atoms with E-state index in [1.165, 1.54) is 24.2 Å². The summed E-state index contributed by atoms with van der Waals surface area (Å²) in [4.78, 5) is 24.4. The molecule has 7 heteroatoms. The fourth-order valence-corrected chi connectivity index (χ4v) is 6.13. The summed E-state index contributed by atoms with van der Waals surface area (Å²) in [7, 11) is 0. The monoisotopic (exact) mass is 411 g/mol. The predicted molar refractivity (Wildman–Crippen MR) is 117 cm³/mol. The second-order valence-electron chi connectivity index (χ2n) is 8.59. The molecule has 1 atom stereocenters. The van der Waals surface area contributed by atoms with Crippen LogP contribution in [0.4, 0.5) is 0 Å². The van der Waals surface area contributed by atoms with E-state index in [2.05, 4.69) is 40.7 Å². The zero-order valence-corrected chi connectivity index (χ0v) is 18.3. The summed E-state index contributed by atoms with van der Waals surface area (Å²) in [5.74, 6) is 1.63. The largest absolute Gasteiger partial charge is 0.308 e. The highest BCUT2D eigenvalue weighted by Crippen LogP contribution is 2.40. The molecule has 29 heavy (non-hydrogen) atoms. The quantitative estimate of drug-likeness (QED) is 0.662. The first-order chi connectivity index (χ1) is 14.1. The topological polar surface area (TPSA) is 66.8 Å². The van der Waals surface area contributed by atoms with E-state index in [4.69, 9.17) is 10.1 Å². The second kappa shape index (κ2) is 7.36. The first-order valence-corrected chi connectivity index (χ1v) is 11.7. The van der Waals surface area contributed by atoms with Crippen molar-refractivity contribution in [2.24, 2.45) is 5.92 Å². The molecule has 0 radical (unpaired) electrons. The Morgan fingerprint density at radius 3 is 2.69 bits per heavy atom. The number of aromatic nitrogens is 4. The zero-order valence-electron chi connectivity index (χ0n) is 17.4. The Morgan fingerprint density at radius 2 is 2.03 bits per heavy atom. The number of aryl methyl sites for hydroxylation is 1. The Labute approximate surface area is 175 Å². The van der Waals surface area contributed by atoms with Gasteiger partial charge >= 0.3 is 0 Å². The molecule has 6 rings (SSSR count). The molecule has 3 aromatic heterocycles. The van der Waals surface area contributed by atoms with E-state index in [0.717, 1.165) is 70.4 Å². The number of hydrogen-bond acceptors (Lipinski definition) is 5. The number of thiophene rings is 1. The van der Waals surface area contributed by atoms with E-state index in [-0.39, 0.29) is 11.6 Å². The van der Waals surface area contributed by atoms with Crippen molar-refractivity contribution in [3.05, 3.63) is 34.1 Å². The van der Waals surface area contributed by atoms with Crippen LogP contribution < -0.4 is 5.56 Å². The van der Waals surface area contributed by atoms with Gasteiger partial charge in [0.15, 0.2) is 0 Å². The van der Waals surface area contributed by atoms with Crippen LogP contribution >= 0.6 is 11.3 Å². The smallest absolute Gasteiger partial charge is 0.268 e. The van der Waals surface area contributed by atoms with Crippen LogP contribution in [0, 0.1) is 12.8 Å². The first kappa shape index (κ1) is 19.0. The Morgan fingerprint density at radius 1 is 1.28 bits per heavy atom. The van der Waals surface area contributed by atoms with Gasteiger partial charge in [-0.05, 0) is 64.1 Å². The number of hydrogen-bond donors (Lipinski definition) is 1. The number of fused-ring (bicyclic) bond motifs is 4. The number of piperidine rings is 3. The Kier molecular flexibility index (Phi) is 4.82. The predicted octanol–water partition coefficient (Wildman–Crippen LogP) is 4.67. The van der Waals surface area contributed by atoms with Crippen LogP contribution in [0.3, 0.4) is 0 Å². The zero-order chi connectivity index (χ0) is 20.1. The molecule has 0 aliphatic carbocycles. The average molecular weight is 412 g/mol. The maximum absolute atomic E-state index is 12.9. The van der Waals surface area contributed by atoms with Crippen molar-refractivity contribution in [3.8, 4) is 10.4 Å². The van der Waals surface area contributed by atoms with Crippen LogP contribution in [-0.2, 0) is 0 Å². The molecular formula is C22H29N5OS. The van der Waals surface area contributed by atoms with Crippen LogP contribution in [0.1, 0.15) is 69.6 Å². The summed E-state index contributed by atoms with van der Waals surface area (Å²) in [6.07, 6.45) is 7.95. The molecule has 2 bridgehead atoms. The molecule has 6 heterocycles. The van der Waals surface area contributed by atoms with Gasteiger partial charge in [-0.2, -0.15) is 5.10 Å². The van der Waals surface area contributed by atoms with Crippen LogP contribution in [0.15, 0.2) is 17.1 Å². The van der Waals surface area contributed by atoms with Crippen molar-refractivity contribution in [2.45, 2.75) is 65.0 Å². The summed E-state index contributed by atoms with van der Waals surface area (Å²) in [6.45, 7) is 8.70. The van der Waals surface area contributed by atoms with Gasteiger partial charge in [-0.25, -0.2) is 4.98 Å². The lowest BCUT2D eigenvalue weighted by Crippen LogP contribution is -2.44. The fraction of sp³-hybridized carbons (Fsp3) is 0.591. The van der Waals surface area contributed by atoms with Crippen molar-refractivity contribution in [3.63, 3.8) is 0 Å². The molecule has 1 unspecified atom stereocenters. The molecule has 1 N–H and O–H groups in total. The van der Waals surface area contributed by atoms with Crippen molar-refractivity contribution < 1.29 is 0 Å². The highest BCUT2D eigenvalue weighted by Gasteiger charge is 2.36. The maximum atomic E-state index is 12.9.